The number of nitrogens with zero attached hydrogens (tertiary/aromatic N) is 1. The van der Waals surface area contributed by atoms with Gasteiger partial charge in [0.2, 0.25) is 8.45 Å². The minimum atomic E-state index is -0.626. The number of rotatable bonds is 2. The molecule has 1 aliphatic rings. The van der Waals surface area contributed by atoms with Crippen molar-refractivity contribution < 1.29 is 4.52 Å². The van der Waals surface area contributed by atoms with Crippen molar-refractivity contribution in [1.29, 1.82) is 0 Å². The molecular formula is C4H9N2OP. The van der Waals surface area contributed by atoms with Crippen molar-refractivity contribution in [2.75, 3.05) is 13.2 Å². The molecule has 0 radical (unpaired) electrons. The van der Waals surface area contributed by atoms with E-state index >= 15 is 0 Å². The molecule has 0 fully saturated rings. The second kappa shape index (κ2) is 3.13. The highest BCUT2D eigenvalue weighted by atomic mass is 31.2. The van der Waals surface area contributed by atoms with Gasteiger partial charge in [0, 0.05) is 12.8 Å². The molecule has 1 rings (SSSR count). The average Bonchev–Trinajstić information content (AvgIpc) is 2.19. The Balaban J connectivity index is 2.16. The molecule has 8 heavy (non-hydrogen) atoms. The van der Waals surface area contributed by atoms with E-state index in [1.54, 1.807) is 0 Å². The van der Waals surface area contributed by atoms with Crippen molar-refractivity contribution in [2.24, 2.45) is 4.76 Å². The van der Waals surface area contributed by atoms with E-state index in [-0.39, 0.29) is 0 Å². The third kappa shape index (κ3) is 1.51. The predicted octanol–water partition coefficient (Wildman–Crippen LogP) is 0.924. The molecule has 1 unspecified atom stereocenters. The Morgan fingerprint density at radius 3 is 3.38 bits per heavy atom. The van der Waals surface area contributed by atoms with Crippen LogP contribution in [0.15, 0.2) is 4.76 Å². The van der Waals surface area contributed by atoms with Crippen LogP contribution in [0, 0.1) is 0 Å². The molecule has 0 aromatic carbocycles. The number of hydrogen-bond acceptors (Lipinski definition) is 3. The number of hydrogen-bond donors (Lipinski definition) is 1. The van der Waals surface area contributed by atoms with Gasteiger partial charge in [-0.15, -0.1) is 0 Å². The lowest BCUT2D eigenvalue weighted by Crippen LogP contribution is -2.02. The summed E-state index contributed by atoms with van der Waals surface area (Å²) in [5.41, 5.74) is 0. The van der Waals surface area contributed by atoms with Gasteiger partial charge >= 0.3 is 0 Å². The Kier molecular flexibility index (Phi) is 2.40. The Labute approximate surface area is 50.1 Å². The van der Waals surface area contributed by atoms with Gasteiger partial charge in [-0.2, -0.15) is 0 Å². The Hall–Kier alpha value is 0.0200. The highest BCUT2D eigenvalue weighted by Crippen LogP contribution is 2.34. The summed E-state index contributed by atoms with van der Waals surface area (Å²) >= 11 is 0. The van der Waals surface area contributed by atoms with Gasteiger partial charge in [0.15, 0.2) is 0 Å². The van der Waals surface area contributed by atoms with E-state index in [9.17, 15) is 0 Å². The monoisotopic (exact) mass is 132 g/mol. The summed E-state index contributed by atoms with van der Waals surface area (Å²) < 4.78 is 9.19. The summed E-state index contributed by atoms with van der Waals surface area (Å²) in [4.78, 5) is 0. The second-order valence-corrected chi connectivity index (χ2v) is 2.70. The Bertz CT molecular complexity index is 96.0. The molecule has 0 amide bonds. The molecule has 0 saturated heterocycles. The molecule has 1 N–H and O–H groups in total. The highest BCUT2D eigenvalue weighted by molar-refractivity contribution is 7.49. The maximum atomic E-state index is 5.16. The van der Waals surface area contributed by atoms with E-state index in [1.165, 1.54) is 0 Å². The minimum Gasteiger partial charge on any atom is -0.326 e. The third-order valence-electron chi connectivity index (χ3n) is 0.756. The first-order valence-electron chi connectivity index (χ1n) is 2.62. The smallest absolute Gasteiger partial charge is 0.235 e. The molecule has 0 bridgehead atoms. The van der Waals surface area contributed by atoms with Crippen LogP contribution in [0.1, 0.15) is 6.92 Å². The molecule has 1 aliphatic heterocycles. The normalized spacial score (nSPS) is 26.9. The molecule has 46 valence electrons. The zero-order valence-electron chi connectivity index (χ0n) is 4.79. The Morgan fingerprint density at radius 1 is 2.00 bits per heavy atom. The van der Waals surface area contributed by atoms with Crippen molar-refractivity contribution in [3.05, 3.63) is 0 Å². The summed E-state index contributed by atoms with van der Waals surface area (Å²) in [6, 6.07) is 0. The second-order valence-electron chi connectivity index (χ2n) is 1.35. The maximum absolute atomic E-state index is 5.16. The molecule has 1 atom stereocenters. The number of nitrogens with one attached hydrogen (secondary N) is 1. The summed E-state index contributed by atoms with van der Waals surface area (Å²) in [6.07, 6.45) is 1.85. The van der Waals surface area contributed by atoms with E-state index in [1.807, 2.05) is 13.1 Å². The third-order valence-corrected chi connectivity index (χ3v) is 2.08. The highest BCUT2D eigenvalue weighted by Gasteiger charge is 2.07. The quantitative estimate of drug-likeness (QED) is 0.567. The van der Waals surface area contributed by atoms with E-state index in [0.29, 0.717) is 0 Å². The van der Waals surface area contributed by atoms with E-state index in [4.69, 9.17) is 4.52 Å². The molecule has 1 heterocycles. The summed E-state index contributed by atoms with van der Waals surface area (Å²) in [6.45, 7) is 3.58. The average molecular weight is 132 g/mol. The first-order valence-corrected chi connectivity index (χ1v) is 3.83. The van der Waals surface area contributed by atoms with Gasteiger partial charge in [0.25, 0.3) is 0 Å². The van der Waals surface area contributed by atoms with Crippen molar-refractivity contribution in [3.8, 4) is 0 Å². The van der Waals surface area contributed by atoms with Crippen molar-refractivity contribution in [3.63, 3.8) is 0 Å². The lowest BCUT2D eigenvalue weighted by molar-refractivity contribution is 0.374. The fourth-order valence-electron chi connectivity index (χ4n) is 0.476. The van der Waals surface area contributed by atoms with Gasteiger partial charge in [0.1, 0.15) is 0 Å². The Morgan fingerprint density at radius 2 is 2.88 bits per heavy atom. The van der Waals surface area contributed by atoms with Crippen LogP contribution in [-0.4, -0.2) is 19.4 Å². The van der Waals surface area contributed by atoms with Crippen LogP contribution in [0.4, 0.5) is 0 Å². The topological polar surface area (TPSA) is 33.6 Å². The summed E-state index contributed by atoms with van der Waals surface area (Å²) in [5, 5.41) is 3.08. The van der Waals surface area contributed by atoms with E-state index < -0.39 is 8.45 Å². The molecule has 4 heteroatoms. The van der Waals surface area contributed by atoms with Gasteiger partial charge in [-0.1, -0.05) is 0 Å². The van der Waals surface area contributed by atoms with Crippen molar-refractivity contribution in [1.82, 2.24) is 5.09 Å². The van der Waals surface area contributed by atoms with Gasteiger partial charge in [-0.05, 0) is 6.92 Å². The lowest BCUT2D eigenvalue weighted by atomic mass is 10.8. The molecular weight excluding hydrogens is 123 g/mol. The molecule has 3 nitrogen and oxygen atoms in total. The van der Waals surface area contributed by atoms with Crippen LogP contribution in [0.25, 0.3) is 0 Å². The van der Waals surface area contributed by atoms with Crippen molar-refractivity contribution >= 4 is 14.7 Å². The van der Waals surface area contributed by atoms with Gasteiger partial charge in [0.05, 0.1) is 6.61 Å². The molecule has 0 spiro atoms. The van der Waals surface area contributed by atoms with Crippen LogP contribution in [-0.2, 0) is 4.52 Å². The van der Waals surface area contributed by atoms with Gasteiger partial charge < -0.3 is 4.52 Å². The molecule has 0 aliphatic carbocycles. The zero-order chi connectivity index (χ0) is 5.82. The van der Waals surface area contributed by atoms with Crippen LogP contribution in [0.2, 0.25) is 0 Å². The van der Waals surface area contributed by atoms with E-state index in [0.717, 1.165) is 13.2 Å². The lowest BCUT2D eigenvalue weighted by Gasteiger charge is -2.03. The first kappa shape index (κ1) is 6.14. The summed E-state index contributed by atoms with van der Waals surface area (Å²) in [7, 11) is -0.626. The van der Waals surface area contributed by atoms with Gasteiger partial charge in [-0.25, -0.2) is 9.85 Å². The zero-order valence-corrected chi connectivity index (χ0v) is 5.69. The largest absolute Gasteiger partial charge is 0.326 e. The fraction of sp³-hybridized carbons (Fsp3) is 0.750. The molecule has 0 aromatic heterocycles. The van der Waals surface area contributed by atoms with Crippen molar-refractivity contribution in [2.45, 2.75) is 6.92 Å². The summed E-state index contributed by atoms with van der Waals surface area (Å²) in [5.74, 6) is 0. The fourth-order valence-corrected chi connectivity index (χ4v) is 1.43. The van der Waals surface area contributed by atoms with Gasteiger partial charge in [-0.3, -0.25) is 0 Å². The van der Waals surface area contributed by atoms with E-state index in [2.05, 4.69) is 9.85 Å². The van der Waals surface area contributed by atoms with Crippen LogP contribution in [0.5, 0.6) is 0 Å². The minimum absolute atomic E-state index is 0.626. The first-order chi connectivity index (χ1) is 3.93. The maximum Gasteiger partial charge on any atom is 0.235 e. The molecule has 0 aromatic rings. The van der Waals surface area contributed by atoms with Crippen LogP contribution in [0.3, 0.4) is 0 Å². The SMILES string of the molecule is CCOP1N=CCN1. The standard InChI is InChI=1S/C4H9N2OP/c1-2-7-8-5-3-4-6-8/h3,6H,2,4H2,1H3. The van der Waals surface area contributed by atoms with Crippen LogP contribution < -0.4 is 5.09 Å². The predicted molar refractivity (Wildman–Crippen MR) is 35.0 cm³/mol. The van der Waals surface area contributed by atoms with Crippen LogP contribution >= 0.6 is 8.45 Å². The molecule has 0 saturated carbocycles.